The molecule has 3 aliphatic rings. The zero-order valence-corrected chi connectivity index (χ0v) is 37.5. The van der Waals surface area contributed by atoms with Gasteiger partial charge in [-0.25, -0.2) is 0 Å². The number of amides is 4. The van der Waals surface area contributed by atoms with E-state index < -0.39 is 135 Å². The molecule has 16 atom stereocenters. The molecule has 0 spiro atoms. The Morgan fingerprint density at radius 1 is 0.485 bits per heavy atom. The molecular formula is C40H71N5O21. The van der Waals surface area contributed by atoms with Crippen molar-refractivity contribution in [1.82, 2.24) is 26.2 Å². The first-order chi connectivity index (χ1) is 31.2. The third-order valence-electron chi connectivity index (χ3n) is 11.2. The van der Waals surface area contributed by atoms with E-state index in [9.17, 15) is 69.9 Å². The van der Waals surface area contributed by atoms with Crippen LogP contribution in [0.5, 0.6) is 0 Å². The van der Waals surface area contributed by atoms with Crippen LogP contribution in [0, 0.1) is 0 Å². The highest BCUT2D eigenvalue weighted by atomic mass is 16.7. The Morgan fingerprint density at radius 2 is 0.864 bits per heavy atom. The number of aliphatic hydroxyl groups is 9. The summed E-state index contributed by atoms with van der Waals surface area (Å²) in [5.74, 6) is -3.25. The molecule has 3 aliphatic heterocycles. The average Bonchev–Trinajstić information content (AvgIpc) is 3.27. The summed E-state index contributed by atoms with van der Waals surface area (Å²) in [5.41, 5.74) is 0. The number of ether oxygens (including phenoxy) is 6. The molecule has 0 bridgehead atoms. The standard InChI is InChI=1S/C40H71N5O21/c1-20-28(51)31(54)34(57)38(64-20)61-15-12-42-25(47)18-45(19-26(48)43-13-16-62-39-35(58)32(55)29(52)21(2)65-39)23(8-6-7-11-41-24(46)9-4-5-10-27(49)50)37(60)44-14-17-63-40-36(59)33(56)30(53)22(3)66-40/h20-23,28-36,38-40,51-59H,4-19H2,1-3H3,(H,41,46)(H,42,47)(H,43,48)(H,44,60)(H,49,50)/t20-,21-,22-,23?,28+,29+,30+,31+,32+,33+,34-,35-,36-,38+,39+,40+/m0/s1. The average molecular weight is 958 g/mol. The SMILES string of the molecule is C[C@@H]1O[C@@H](OCCNC(=O)CN(CC(=O)NCCO[C@@H]2O[C@@H](C)[C@@H](O)[C@@H](O)[C@@H]2O)C(CCCCNC(=O)CCCCC(=O)O)C(=O)NCCO[C@@H]2O[C@@H](C)[C@@H](O)[C@@H](O)[C@@H]2O)[C@@H](O)[C@H](O)[C@@H]1O. The van der Waals surface area contributed by atoms with Crippen LogP contribution in [0.4, 0.5) is 0 Å². The van der Waals surface area contributed by atoms with E-state index in [0.717, 1.165) is 0 Å². The van der Waals surface area contributed by atoms with E-state index >= 15 is 0 Å². The second-order valence-electron chi connectivity index (χ2n) is 16.5. The molecule has 0 aliphatic carbocycles. The molecule has 382 valence electrons. The lowest BCUT2D eigenvalue weighted by Crippen LogP contribution is -2.58. The molecule has 0 aromatic heterocycles. The van der Waals surface area contributed by atoms with E-state index in [1.165, 1.54) is 25.7 Å². The van der Waals surface area contributed by atoms with Crippen molar-refractivity contribution in [3.05, 3.63) is 0 Å². The van der Waals surface area contributed by atoms with Gasteiger partial charge in [0, 0.05) is 39.0 Å². The highest BCUT2D eigenvalue weighted by molar-refractivity contribution is 5.86. The highest BCUT2D eigenvalue weighted by Crippen LogP contribution is 2.24. The first-order valence-corrected chi connectivity index (χ1v) is 22.2. The summed E-state index contributed by atoms with van der Waals surface area (Å²) in [6.45, 7) is 2.39. The van der Waals surface area contributed by atoms with Crippen molar-refractivity contribution >= 4 is 29.6 Å². The smallest absolute Gasteiger partial charge is 0.303 e. The highest BCUT2D eigenvalue weighted by Gasteiger charge is 2.44. The molecule has 0 aromatic carbocycles. The van der Waals surface area contributed by atoms with Gasteiger partial charge in [0.2, 0.25) is 23.6 Å². The van der Waals surface area contributed by atoms with E-state index in [0.29, 0.717) is 25.7 Å². The zero-order chi connectivity index (χ0) is 49.1. The summed E-state index contributed by atoms with van der Waals surface area (Å²) >= 11 is 0. The second-order valence-corrected chi connectivity index (χ2v) is 16.5. The molecule has 14 N–H and O–H groups in total. The number of hydrogen-bond donors (Lipinski definition) is 14. The Hall–Kier alpha value is -3.29. The minimum Gasteiger partial charge on any atom is -0.481 e. The van der Waals surface area contributed by atoms with Crippen LogP contribution in [0.25, 0.3) is 0 Å². The van der Waals surface area contributed by atoms with Crippen LogP contribution < -0.4 is 21.3 Å². The number of aliphatic carboxylic acids is 1. The topological polar surface area (TPSA) is 394 Å². The third kappa shape index (κ3) is 18.3. The Balaban J connectivity index is 1.69. The number of carbonyl (C=O) groups excluding carboxylic acids is 4. The van der Waals surface area contributed by atoms with Crippen molar-refractivity contribution in [2.24, 2.45) is 0 Å². The maximum Gasteiger partial charge on any atom is 0.303 e. The van der Waals surface area contributed by atoms with Crippen LogP contribution in [0.15, 0.2) is 0 Å². The Morgan fingerprint density at radius 3 is 1.27 bits per heavy atom. The lowest BCUT2D eigenvalue weighted by atomic mass is 10.0. The molecule has 3 fully saturated rings. The molecular weight excluding hydrogens is 886 g/mol. The molecule has 3 rings (SSSR count). The lowest BCUT2D eigenvalue weighted by Gasteiger charge is -2.39. The van der Waals surface area contributed by atoms with Crippen molar-refractivity contribution in [3.8, 4) is 0 Å². The number of carboxylic acid groups (broad SMARTS) is 1. The van der Waals surface area contributed by atoms with Crippen LogP contribution >= 0.6 is 0 Å². The number of hydrogen-bond acceptors (Lipinski definition) is 21. The van der Waals surface area contributed by atoms with Crippen LogP contribution in [-0.2, 0) is 52.4 Å². The normalized spacial score (nSPS) is 32.9. The van der Waals surface area contributed by atoms with Gasteiger partial charge in [-0.1, -0.05) is 0 Å². The van der Waals surface area contributed by atoms with Gasteiger partial charge in [0.1, 0.15) is 54.9 Å². The van der Waals surface area contributed by atoms with Crippen molar-refractivity contribution < 1.29 is 103 Å². The molecule has 1 unspecified atom stereocenters. The number of carbonyl (C=O) groups is 5. The fourth-order valence-corrected chi connectivity index (χ4v) is 7.23. The fraction of sp³-hybridized carbons (Fsp3) is 0.875. The summed E-state index contributed by atoms with van der Waals surface area (Å²) < 4.78 is 32.8. The number of nitrogens with one attached hydrogen (secondary N) is 4. The predicted molar refractivity (Wildman–Crippen MR) is 222 cm³/mol. The third-order valence-corrected chi connectivity index (χ3v) is 11.2. The Kier molecular flexibility index (Phi) is 25.0. The predicted octanol–water partition coefficient (Wildman–Crippen LogP) is -6.53. The Labute approximate surface area is 381 Å². The van der Waals surface area contributed by atoms with Gasteiger partial charge in [0.25, 0.3) is 0 Å². The van der Waals surface area contributed by atoms with E-state index in [4.69, 9.17) is 33.5 Å². The summed E-state index contributed by atoms with van der Waals surface area (Å²) in [4.78, 5) is 65.1. The number of aliphatic hydroxyl groups excluding tert-OH is 9. The van der Waals surface area contributed by atoms with Gasteiger partial charge in [-0.15, -0.1) is 0 Å². The number of unbranched alkanes of at least 4 members (excludes halogenated alkanes) is 2. The second kappa shape index (κ2) is 28.9. The van der Waals surface area contributed by atoms with Crippen LogP contribution in [-0.4, -0.2) is 243 Å². The van der Waals surface area contributed by atoms with Gasteiger partial charge in [-0.3, -0.25) is 28.9 Å². The maximum atomic E-state index is 13.9. The van der Waals surface area contributed by atoms with Crippen LogP contribution in [0.3, 0.4) is 0 Å². The number of carboxylic acids is 1. The molecule has 0 radical (unpaired) electrons. The van der Waals surface area contributed by atoms with Gasteiger partial charge in [-0.05, 0) is 52.9 Å². The molecule has 3 heterocycles. The van der Waals surface area contributed by atoms with Gasteiger partial charge in [0.15, 0.2) is 18.9 Å². The van der Waals surface area contributed by atoms with E-state index in [-0.39, 0.29) is 71.2 Å². The molecule has 0 aromatic rings. The van der Waals surface area contributed by atoms with Gasteiger partial charge in [-0.2, -0.15) is 0 Å². The summed E-state index contributed by atoms with van der Waals surface area (Å²) in [6, 6.07) is -1.17. The zero-order valence-electron chi connectivity index (χ0n) is 37.5. The first-order valence-electron chi connectivity index (χ1n) is 22.2. The molecule has 26 heteroatoms. The minimum absolute atomic E-state index is 0.0482. The van der Waals surface area contributed by atoms with E-state index in [1.807, 2.05) is 0 Å². The maximum absolute atomic E-state index is 13.9. The fourth-order valence-electron chi connectivity index (χ4n) is 7.23. The summed E-state index contributed by atoms with van der Waals surface area (Å²) in [6.07, 6.45) is -18.6. The van der Waals surface area contributed by atoms with Crippen LogP contribution in [0.2, 0.25) is 0 Å². The van der Waals surface area contributed by atoms with Crippen molar-refractivity contribution in [1.29, 1.82) is 0 Å². The Bertz CT molecular complexity index is 1450. The molecule has 3 saturated heterocycles. The van der Waals surface area contributed by atoms with Crippen LogP contribution in [0.1, 0.15) is 65.7 Å². The lowest BCUT2D eigenvalue weighted by molar-refractivity contribution is -0.292. The molecule has 0 saturated carbocycles. The minimum atomic E-state index is -1.60. The molecule has 4 amide bonds. The number of nitrogens with zero attached hydrogens (tertiary/aromatic N) is 1. The first kappa shape index (κ1) is 57.0. The van der Waals surface area contributed by atoms with E-state index in [1.54, 1.807) is 0 Å². The van der Waals surface area contributed by atoms with Gasteiger partial charge < -0.3 is 101 Å². The largest absolute Gasteiger partial charge is 0.481 e. The quantitative estimate of drug-likeness (QED) is 0.0324. The van der Waals surface area contributed by atoms with Gasteiger partial charge in [0.05, 0.1) is 57.3 Å². The summed E-state index contributed by atoms with van der Waals surface area (Å²) in [5, 5.41) is 110. The van der Waals surface area contributed by atoms with Crippen molar-refractivity contribution in [2.45, 2.75) is 164 Å². The molecule has 26 nitrogen and oxygen atoms in total. The van der Waals surface area contributed by atoms with Crippen molar-refractivity contribution in [2.75, 3.05) is 59.1 Å². The van der Waals surface area contributed by atoms with Gasteiger partial charge >= 0.3 is 5.97 Å². The van der Waals surface area contributed by atoms with Crippen molar-refractivity contribution in [3.63, 3.8) is 0 Å². The number of rotatable bonds is 28. The summed E-state index contributed by atoms with van der Waals surface area (Å²) in [7, 11) is 0. The molecule has 66 heavy (non-hydrogen) atoms. The monoisotopic (exact) mass is 957 g/mol. The van der Waals surface area contributed by atoms with E-state index in [2.05, 4.69) is 21.3 Å².